The first-order valence-electron chi connectivity index (χ1n) is 5.77. The molecule has 0 atom stereocenters. The van der Waals surface area contributed by atoms with Crippen molar-refractivity contribution in [2.24, 2.45) is 0 Å². The zero-order valence-corrected chi connectivity index (χ0v) is 11.0. The summed E-state index contributed by atoms with van der Waals surface area (Å²) in [4.78, 5) is 11.9. The Hall–Kier alpha value is -2.65. The highest BCUT2D eigenvalue weighted by Gasteiger charge is 2.24. The minimum atomic E-state index is -0.560. The topological polar surface area (TPSA) is 85.4 Å². The van der Waals surface area contributed by atoms with Crippen molar-refractivity contribution in [1.29, 1.82) is 5.26 Å². The number of nitrogens with zero attached hydrogens (tertiary/aromatic N) is 2. The van der Waals surface area contributed by atoms with Crippen LogP contribution in [0.2, 0.25) is 0 Å². The van der Waals surface area contributed by atoms with E-state index in [0.29, 0.717) is 16.8 Å². The molecule has 0 spiro atoms. The van der Waals surface area contributed by atoms with Crippen LogP contribution in [0.25, 0.3) is 11.3 Å². The third-order valence-electron chi connectivity index (χ3n) is 2.69. The average Bonchev–Trinajstić information content (AvgIpc) is 2.90. The Morgan fingerprint density at radius 1 is 1.45 bits per heavy atom. The summed E-state index contributed by atoms with van der Waals surface area (Å²) in [6.45, 7) is 0.107. The van der Waals surface area contributed by atoms with E-state index in [2.05, 4.69) is 5.16 Å². The van der Waals surface area contributed by atoms with Crippen molar-refractivity contribution in [3.8, 4) is 17.3 Å². The van der Waals surface area contributed by atoms with Crippen molar-refractivity contribution < 1.29 is 18.8 Å². The Morgan fingerprint density at radius 2 is 2.25 bits per heavy atom. The number of hydrogen-bond acceptors (Lipinski definition) is 6. The maximum absolute atomic E-state index is 11.9. The van der Waals surface area contributed by atoms with E-state index in [1.165, 1.54) is 14.2 Å². The van der Waals surface area contributed by atoms with Gasteiger partial charge < -0.3 is 14.0 Å². The molecule has 1 heterocycles. The van der Waals surface area contributed by atoms with Crippen LogP contribution < -0.4 is 0 Å². The normalized spacial score (nSPS) is 10.1. The summed E-state index contributed by atoms with van der Waals surface area (Å²) in [6.07, 6.45) is 0. The lowest BCUT2D eigenvalue weighted by molar-refractivity contribution is 0.0593. The molecule has 0 saturated heterocycles. The van der Waals surface area contributed by atoms with E-state index >= 15 is 0 Å². The SMILES string of the molecule is COCc1onc(-c2cccc(C#N)c2)c1C(=O)OC. The van der Waals surface area contributed by atoms with Gasteiger partial charge in [-0.3, -0.25) is 0 Å². The number of rotatable bonds is 4. The highest BCUT2D eigenvalue weighted by atomic mass is 16.5. The minimum absolute atomic E-state index is 0.107. The minimum Gasteiger partial charge on any atom is -0.465 e. The van der Waals surface area contributed by atoms with E-state index in [9.17, 15) is 4.79 Å². The molecule has 6 nitrogen and oxygen atoms in total. The van der Waals surface area contributed by atoms with Gasteiger partial charge in [-0.05, 0) is 12.1 Å². The van der Waals surface area contributed by atoms with E-state index in [4.69, 9.17) is 19.3 Å². The monoisotopic (exact) mass is 272 g/mol. The molecule has 0 unspecified atom stereocenters. The molecule has 102 valence electrons. The Labute approximate surface area is 115 Å². The number of benzene rings is 1. The van der Waals surface area contributed by atoms with Crippen LogP contribution >= 0.6 is 0 Å². The van der Waals surface area contributed by atoms with Crippen LogP contribution in [0, 0.1) is 11.3 Å². The van der Waals surface area contributed by atoms with Gasteiger partial charge in [0.05, 0.1) is 18.7 Å². The molecule has 20 heavy (non-hydrogen) atoms. The summed E-state index contributed by atoms with van der Waals surface area (Å²) in [6, 6.07) is 8.77. The summed E-state index contributed by atoms with van der Waals surface area (Å²) in [5, 5.41) is 12.8. The Kier molecular flexibility index (Phi) is 4.13. The lowest BCUT2D eigenvalue weighted by Gasteiger charge is -2.02. The first-order valence-corrected chi connectivity index (χ1v) is 5.77. The molecule has 1 aromatic carbocycles. The zero-order valence-electron chi connectivity index (χ0n) is 11.0. The van der Waals surface area contributed by atoms with E-state index in [-0.39, 0.29) is 17.9 Å². The largest absolute Gasteiger partial charge is 0.465 e. The van der Waals surface area contributed by atoms with Crippen molar-refractivity contribution >= 4 is 5.97 Å². The Bertz CT molecular complexity index is 670. The second-order valence-electron chi connectivity index (χ2n) is 3.95. The predicted octanol–water partition coefficient (Wildman–Crippen LogP) is 2.15. The number of carbonyl (C=O) groups excluding carboxylic acids is 1. The van der Waals surface area contributed by atoms with Crippen LogP contribution in [0.4, 0.5) is 0 Å². The van der Waals surface area contributed by atoms with Gasteiger partial charge in [0, 0.05) is 12.7 Å². The van der Waals surface area contributed by atoms with E-state index < -0.39 is 5.97 Å². The molecule has 0 N–H and O–H groups in total. The first-order chi connectivity index (χ1) is 9.71. The van der Waals surface area contributed by atoms with Crippen molar-refractivity contribution in [2.75, 3.05) is 14.2 Å². The molecule has 6 heteroatoms. The van der Waals surface area contributed by atoms with Gasteiger partial charge >= 0.3 is 5.97 Å². The van der Waals surface area contributed by atoms with E-state index in [0.717, 1.165) is 0 Å². The van der Waals surface area contributed by atoms with Crippen LogP contribution in [-0.2, 0) is 16.1 Å². The molecule has 0 aliphatic rings. The molecule has 0 aliphatic carbocycles. The first kappa shape index (κ1) is 13.8. The second kappa shape index (κ2) is 5.99. The summed E-state index contributed by atoms with van der Waals surface area (Å²) in [5.74, 6) is -0.271. The number of carbonyl (C=O) groups is 1. The quantitative estimate of drug-likeness (QED) is 0.793. The van der Waals surface area contributed by atoms with Gasteiger partial charge in [0.2, 0.25) is 0 Å². The van der Waals surface area contributed by atoms with Crippen LogP contribution in [0.15, 0.2) is 28.8 Å². The van der Waals surface area contributed by atoms with Gasteiger partial charge in [0.15, 0.2) is 5.76 Å². The molecule has 2 rings (SSSR count). The smallest absolute Gasteiger partial charge is 0.343 e. The lowest BCUT2D eigenvalue weighted by atomic mass is 10.0. The van der Waals surface area contributed by atoms with Gasteiger partial charge in [0.1, 0.15) is 17.9 Å². The third-order valence-corrected chi connectivity index (χ3v) is 2.69. The van der Waals surface area contributed by atoms with Crippen LogP contribution in [0.1, 0.15) is 21.7 Å². The number of nitriles is 1. The molecule has 0 radical (unpaired) electrons. The standard InChI is InChI=1S/C14H12N2O4/c1-18-8-11-12(14(17)19-2)13(16-20-11)10-5-3-4-9(6-10)7-15/h3-6H,8H2,1-2H3. The van der Waals surface area contributed by atoms with Crippen molar-refractivity contribution in [1.82, 2.24) is 5.16 Å². The fourth-order valence-corrected chi connectivity index (χ4v) is 1.80. The van der Waals surface area contributed by atoms with Gasteiger partial charge in [-0.2, -0.15) is 5.26 Å². The molecular weight excluding hydrogens is 260 g/mol. The highest BCUT2D eigenvalue weighted by molar-refractivity contribution is 5.97. The maximum atomic E-state index is 11.9. The van der Waals surface area contributed by atoms with Gasteiger partial charge in [-0.15, -0.1) is 0 Å². The Balaban J connectivity index is 2.56. The average molecular weight is 272 g/mol. The zero-order chi connectivity index (χ0) is 14.5. The lowest BCUT2D eigenvalue weighted by Crippen LogP contribution is -2.05. The van der Waals surface area contributed by atoms with E-state index in [1.54, 1.807) is 24.3 Å². The highest BCUT2D eigenvalue weighted by Crippen LogP contribution is 2.27. The number of methoxy groups -OCH3 is 2. The molecule has 2 aromatic rings. The van der Waals surface area contributed by atoms with Crippen molar-refractivity contribution in [2.45, 2.75) is 6.61 Å². The van der Waals surface area contributed by atoms with E-state index in [1.807, 2.05) is 6.07 Å². The molecule has 1 aromatic heterocycles. The fourth-order valence-electron chi connectivity index (χ4n) is 1.80. The summed E-state index contributed by atoms with van der Waals surface area (Å²) in [5.41, 5.74) is 1.62. The summed E-state index contributed by atoms with van der Waals surface area (Å²) >= 11 is 0. The van der Waals surface area contributed by atoms with Crippen molar-refractivity contribution in [3.63, 3.8) is 0 Å². The molecule has 0 saturated carbocycles. The van der Waals surface area contributed by atoms with Gasteiger partial charge in [-0.1, -0.05) is 17.3 Å². The number of aromatic nitrogens is 1. The summed E-state index contributed by atoms with van der Waals surface area (Å²) in [7, 11) is 2.76. The Morgan fingerprint density at radius 3 is 2.90 bits per heavy atom. The number of ether oxygens (including phenoxy) is 2. The second-order valence-corrected chi connectivity index (χ2v) is 3.95. The molecule has 0 aliphatic heterocycles. The fraction of sp³-hybridized carbons (Fsp3) is 0.214. The summed E-state index contributed by atoms with van der Waals surface area (Å²) < 4.78 is 14.8. The van der Waals surface area contributed by atoms with Gasteiger partial charge in [0.25, 0.3) is 0 Å². The van der Waals surface area contributed by atoms with Crippen molar-refractivity contribution in [3.05, 3.63) is 41.2 Å². The number of hydrogen-bond donors (Lipinski definition) is 0. The molecule has 0 amide bonds. The maximum Gasteiger partial charge on any atom is 0.343 e. The third kappa shape index (κ3) is 2.53. The molecule has 0 fully saturated rings. The van der Waals surface area contributed by atoms with Crippen LogP contribution in [-0.4, -0.2) is 25.3 Å². The van der Waals surface area contributed by atoms with Crippen LogP contribution in [0.3, 0.4) is 0 Å². The molecule has 0 bridgehead atoms. The van der Waals surface area contributed by atoms with Crippen LogP contribution in [0.5, 0.6) is 0 Å². The van der Waals surface area contributed by atoms with Gasteiger partial charge in [-0.25, -0.2) is 4.79 Å². The number of esters is 1. The molecular formula is C14H12N2O4. The predicted molar refractivity (Wildman–Crippen MR) is 68.7 cm³/mol.